The second-order valence-electron chi connectivity index (χ2n) is 6.01. The number of amides is 2. The van der Waals surface area contributed by atoms with E-state index in [1.165, 1.54) is 0 Å². The summed E-state index contributed by atoms with van der Waals surface area (Å²) in [6, 6.07) is 11.7. The van der Waals surface area contributed by atoms with E-state index in [1.54, 1.807) is 47.4 Å². The molecule has 2 aromatic rings. The molecule has 3 rings (SSSR count). The molecule has 1 aliphatic heterocycles. The SMILES string of the molecule is CCOc1ccc(C(=O)Nc2ccc(C(=O)N3CCOCC3)cc2)cc1Cl. The Morgan fingerprint density at radius 1 is 1.11 bits per heavy atom. The molecule has 0 radical (unpaired) electrons. The van der Waals surface area contributed by atoms with Crippen LogP contribution in [0.25, 0.3) is 0 Å². The van der Waals surface area contributed by atoms with Gasteiger partial charge in [0.1, 0.15) is 5.75 Å². The van der Waals surface area contributed by atoms with E-state index in [2.05, 4.69) is 5.32 Å². The van der Waals surface area contributed by atoms with Crippen LogP contribution < -0.4 is 10.1 Å². The van der Waals surface area contributed by atoms with Crippen LogP contribution in [0.1, 0.15) is 27.6 Å². The van der Waals surface area contributed by atoms with E-state index in [-0.39, 0.29) is 11.8 Å². The molecule has 0 saturated carbocycles. The average molecular weight is 389 g/mol. The highest BCUT2D eigenvalue weighted by atomic mass is 35.5. The predicted molar refractivity (Wildman–Crippen MR) is 104 cm³/mol. The van der Waals surface area contributed by atoms with Crippen molar-refractivity contribution in [2.24, 2.45) is 0 Å². The lowest BCUT2D eigenvalue weighted by molar-refractivity contribution is 0.0303. The number of hydrogen-bond donors (Lipinski definition) is 1. The molecule has 7 heteroatoms. The van der Waals surface area contributed by atoms with Crippen LogP contribution in [-0.2, 0) is 4.74 Å². The molecule has 142 valence electrons. The highest BCUT2D eigenvalue weighted by molar-refractivity contribution is 6.32. The molecule has 1 heterocycles. The number of ether oxygens (including phenoxy) is 2. The van der Waals surface area contributed by atoms with Crippen LogP contribution in [0.15, 0.2) is 42.5 Å². The minimum absolute atomic E-state index is 0.0329. The molecule has 0 spiro atoms. The second-order valence-corrected chi connectivity index (χ2v) is 6.42. The number of morpholine rings is 1. The van der Waals surface area contributed by atoms with Gasteiger partial charge >= 0.3 is 0 Å². The van der Waals surface area contributed by atoms with E-state index in [1.807, 2.05) is 6.92 Å². The highest BCUT2D eigenvalue weighted by Gasteiger charge is 2.18. The van der Waals surface area contributed by atoms with Crippen LogP contribution in [0, 0.1) is 0 Å². The number of halogens is 1. The second kappa shape index (κ2) is 8.88. The number of benzene rings is 2. The molecule has 27 heavy (non-hydrogen) atoms. The molecular formula is C20H21ClN2O4. The summed E-state index contributed by atoms with van der Waals surface area (Å²) >= 11 is 6.13. The first-order valence-electron chi connectivity index (χ1n) is 8.79. The van der Waals surface area contributed by atoms with Crippen molar-refractivity contribution in [2.75, 3.05) is 38.2 Å². The van der Waals surface area contributed by atoms with Gasteiger partial charge in [-0.05, 0) is 49.4 Å². The van der Waals surface area contributed by atoms with Gasteiger partial charge in [-0.15, -0.1) is 0 Å². The maximum Gasteiger partial charge on any atom is 0.255 e. The van der Waals surface area contributed by atoms with Gasteiger partial charge in [0.15, 0.2) is 0 Å². The van der Waals surface area contributed by atoms with Gasteiger partial charge in [-0.25, -0.2) is 0 Å². The Morgan fingerprint density at radius 2 is 1.78 bits per heavy atom. The topological polar surface area (TPSA) is 67.9 Å². The Kier molecular flexibility index (Phi) is 6.32. The summed E-state index contributed by atoms with van der Waals surface area (Å²) < 4.78 is 10.6. The van der Waals surface area contributed by atoms with Crippen molar-refractivity contribution in [1.82, 2.24) is 4.90 Å². The smallest absolute Gasteiger partial charge is 0.255 e. The molecule has 6 nitrogen and oxygen atoms in total. The summed E-state index contributed by atoms with van der Waals surface area (Å²) in [5.74, 6) is 0.225. The molecule has 2 aromatic carbocycles. The third-order valence-corrected chi connectivity index (χ3v) is 4.48. The fourth-order valence-corrected chi connectivity index (χ4v) is 3.00. The van der Waals surface area contributed by atoms with E-state index in [0.717, 1.165) is 0 Å². The Bertz CT molecular complexity index is 817. The largest absolute Gasteiger partial charge is 0.492 e. The summed E-state index contributed by atoms with van der Waals surface area (Å²) in [4.78, 5) is 26.6. The maximum absolute atomic E-state index is 12.4. The van der Waals surface area contributed by atoms with E-state index in [9.17, 15) is 9.59 Å². The summed E-state index contributed by atoms with van der Waals surface area (Å²) in [5, 5.41) is 3.18. The van der Waals surface area contributed by atoms with Crippen molar-refractivity contribution in [3.05, 3.63) is 58.6 Å². The lowest BCUT2D eigenvalue weighted by atomic mass is 10.1. The lowest BCUT2D eigenvalue weighted by Crippen LogP contribution is -2.40. The van der Waals surface area contributed by atoms with Crippen molar-refractivity contribution >= 4 is 29.1 Å². The summed E-state index contributed by atoms with van der Waals surface area (Å²) in [5.41, 5.74) is 1.61. The molecular weight excluding hydrogens is 368 g/mol. The monoisotopic (exact) mass is 388 g/mol. The zero-order chi connectivity index (χ0) is 19.2. The first-order valence-corrected chi connectivity index (χ1v) is 9.17. The molecule has 0 aliphatic carbocycles. The van der Waals surface area contributed by atoms with E-state index < -0.39 is 0 Å². The highest BCUT2D eigenvalue weighted by Crippen LogP contribution is 2.26. The third kappa shape index (κ3) is 4.78. The molecule has 1 aliphatic rings. The minimum Gasteiger partial charge on any atom is -0.492 e. The molecule has 1 saturated heterocycles. The van der Waals surface area contributed by atoms with Gasteiger partial charge in [0.2, 0.25) is 0 Å². The summed E-state index contributed by atoms with van der Waals surface area (Å²) in [7, 11) is 0. The third-order valence-electron chi connectivity index (χ3n) is 4.18. The summed E-state index contributed by atoms with van der Waals surface area (Å²) in [6.07, 6.45) is 0. The van der Waals surface area contributed by atoms with Crippen LogP contribution >= 0.6 is 11.6 Å². The number of rotatable bonds is 5. The summed E-state index contributed by atoms with van der Waals surface area (Å²) in [6.45, 7) is 4.67. The van der Waals surface area contributed by atoms with Gasteiger partial charge in [0, 0.05) is 29.9 Å². The lowest BCUT2D eigenvalue weighted by Gasteiger charge is -2.26. The van der Waals surface area contributed by atoms with Crippen LogP contribution in [0.2, 0.25) is 5.02 Å². The number of anilines is 1. The molecule has 2 amide bonds. The zero-order valence-corrected chi connectivity index (χ0v) is 15.8. The van der Waals surface area contributed by atoms with Crippen LogP contribution in [-0.4, -0.2) is 49.6 Å². The maximum atomic E-state index is 12.4. The van der Waals surface area contributed by atoms with Crippen molar-refractivity contribution in [3.8, 4) is 5.75 Å². The van der Waals surface area contributed by atoms with Crippen LogP contribution in [0.3, 0.4) is 0 Å². The number of hydrogen-bond acceptors (Lipinski definition) is 4. The Balaban J connectivity index is 1.64. The first kappa shape index (κ1) is 19.2. The molecule has 0 unspecified atom stereocenters. The fourth-order valence-electron chi connectivity index (χ4n) is 2.76. The number of carbonyl (C=O) groups excluding carboxylic acids is 2. The van der Waals surface area contributed by atoms with Gasteiger partial charge in [0.25, 0.3) is 11.8 Å². The van der Waals surface area contributed by atoms with Crippen molar-refractivity contribution in [1.29, 1.82) is 0 Å². The van der Waals surface area contributed by atoms with E-state index in [4.69, 9.17) is 21.1 Å². The van der Waals surface area contributed by atoms with Crippen molar-refractivity contribution in [2.45, 2.75) is 6.92 Å². The van der Waals surface area contributed by atoms with Gasteiger partial charge in [-0.3, -0.25) is 9.59 Å². The molecule has 0 bridgehead atoms. The zero-order valence-electron chi connectivity index (χ0n) is 15.0. The predicted octanol–water partition coefficient (Wildman–Crippen LogP) is 3.46. The molecule has 1 fully saturated rings. The van der Waals surface area contributed by atoms with Gasteiger partial charge in [-0.2, -0.15) is 0 Å². The van der Waals surface area contributed by atoms with Crippen molar-refractivity contribution < 1.29 is 19.1 Å². The quantitative estimate of drug-likeness (QED) is 0.851. The van der Waals surface area contributed by atoms with Crippen LogP contribution in [0.4, 0.5) is 5.69 Å². The molecule has 0 aromatic heterocycles. The van der Waals surface area contributed by atoms with Gasteiger partial charge < -0.3 is 19.7 Å². The Morgan fingerprint density at radius 3 is 2.41 bits per heavy atom. The van der Waals surface area contributed by atoms with Crippen molar-refractivity contribution in [3.63, 3.8) is 0 Å². The van der Waals surface area contributed by atoms with Gasteiger partial charge in [-0.1, -0.05) is 11.6 Å². The molecule has 0 atom stereocenters. The fraction of sp³-hybridized carbons (Fsp3) is 0.300. The van der Waals surface area contributed by atoms with E-state index >= 15 is 0 Å². The number of carbonyl (C=O) groups is 2. The number of nitrogens with zero attached hydrogens (tertiary/aromatic N) is 1. The van der Waals surface area contributed by atoms with E-state index in [0.29, 0.717) is 60.5 Å². The standard InChI is InChI=1S/C20H21ClN2O4/c1-2-27-18-8-5-15(13-17(18)21)19(24)22-16-6-3-14(4-7-16)20(25)23-9-11-26-12-10-23/h3-8,13H,2,9-12H2,1H3,(H,22,24). The first-order chi connectivity index (χ1) is 13.1. The molecule has 1 N–H and O–H groups in total. The Labute approximate surface area is 163 Å². The van der Waals surface area contributed by atoms with Crippen LogP contribution in [0.5, 0.6) is 5.75 Å². The average Bonchev–Trinajstić information content (AvgIpc) is 2.70. The Hall–Kier alpha value is -2.57. The normalized spacial score (nSPS) is 13.9. The minimum atomic E-state index is -0.285. The number of nitrogens with one attached hydrogen (secondary N) is 1. The van der Waals surface area contributed by atoms with Gasteiger partial charge in [0.05, 0.1) is 24.8 Å².